The standard InChI is InChI=1S/C18H16N4O3S/c19-17-16(15(23)13-8-4-5-9-14(13)22(24)25)26-18(21-17)20-11-10-12-6-2-1-3-7-12/h1-9H,10-11,19H2,(H,20,21). The van der Waals surface area contributed by atoms with Crippen LogP contribution in [0.25, 0.3) is 0 Å². The van der Waals surface area contributed by atoms with Crippen molar-refractivity contribution in [2.45, 2.75) is 6.42 Å². The van der Waals surface area contributed by atoms with Crippen LogP contribution in [0, 0.1) is 10.1 Å². The SMILES string of the molecule is Nc1nc(NCCc2ccccc2)sc1C(=O)c1ccccc1[N+](=O)[O-]. The van der Waals surface area contributed by atoms with Crippen molar-refractivity contribution in [3.8, 4) is 0 Å². The van der Waals surface area contributed by atoms with Gasteiger partial charge in [0.25, 0.3) is 5.69 Å². The second-order valence-corrected chi connectivity index (χ2v) is 6.50. The lowest BCUT2D eigenvalue weighted by molar-refractivity contribution is -0.385. The molecule has 3 rings (SSSR count). The Morgan fingerprint density at radius 1 is 1.15 bits per heavy atom. The number of nitrogens with one attached hydrogen (secondary N) is 1. The van der Waals surface area contributed by atoms with Gasteiger partial charge in [-0.3, -0.25) is 14.9 Å². The van der Waals surface area contributed by atoms with Crippen molar-refractivity contribution in [1.82, 2.24) is 4.98 Å². The van der Waals surface area contributed by atoms with E-state index in [-0.39, 0.29) is 21.9 Å². The average molecular weight is 368 g/mol. The Labute approximate surface area is 153 Å². The van der Waals surface area contributed by atoms with Crippen LogP contribution in [0.3, 0.4) is 0 Å². The Morgan fingerprint density at radius 3 is 2.58 bits per heavy atom. The minimum atomic E-state index is -0.580. The fourth-order valence-corrected chi connectivity index (χ4v) is 3.34. The number of nitro groups is 1. The van der Waals surface area contributed by atoms with Crippen LogP contribution >= 0.6 is 11.3 Å². The van der Waals surface area contributed by atoms with Crippen LogP contribution in [-0.4, -0.2) is 22.2 Å². The summed E-state index contributed by atoms with van der Waals surface area (Å²) in [7, 11) is 0. The molecule has 3 N–H and O–H groups in total. The third kappa shape index (κ3) is 3.86. The van der Waals surface area contributed by atoms with Crippen molar-refractivity contribution < 1.29 is 9.72 Å². The summed E-state index contributed by atoms with van der Waals surface area (Å²) in [6, 6.07) is 15.8. The molecule has 0 saturated heterocycles. The van der Waals surface area contributed by atoms with E-state index in [9.17, 15) is 14.9 Å². The summed E-state index contributed by atoms with van der Waals surface area (Å²) in [5.74, 6) is -0.427. The third-order valence-electron chi connectivity index (χ3n) is 3.74. The van der Waals surface area contributed by atoms with Crippen LogP contribution in [0.4, 0.5) is 16.6 Å². The van der Waals surface area contributed by atoms with E-state index in [1.165, 1.54) is 23.8 Å². The molecule has 0 aliphatic carbocycles. The van der Waals surface area contributed by atoms with Crippen molar-refractivity contribution in [1.29, 1.82) is 0 Å². The number of para-hydroxylation sites is 1. The fourth-order valence-electron chi connectivity index (χ4n) is 2.48. The first-order chi connectivity index (χ1) is 12.6. The first-order valence-electron chi connectivity index (χ1n) is 7.88. The number of benzene rings is 2. The van der Waals surface area contributed by atoms with Gasteiger partial charge in [-0.25, -0.2) is 4.98 Å². The second-order valence-electron chi connectivity index (χ2n) is 5.50. The molecule has 3 aromatic rings. The summed E-state index contributed by atoms with van der Waals surface area (Å²) in [6.07, 6.45) is 0.799. The lowest BCUT2D eigenvalue weighted by Crippen LogP contribution is -2.06. The van der Waals surface area contributed by atoms with Crippen molar-refractivity contribution in [2.24, 2.45) is 0 Å². The highest BCUT2D eigenvalue weighted by molar-refractivity contribution is 7.18. The maximum absolute atomic E-state index is 12.7. The molecular formula is C18H16N4O3S. The van der Waals surface area contributed by atoms with Crippen molar-refractivity contribution in [3.05, 3.63) is 80.7 Å². The predicted octanol–water partition coefficient (Wildman–Crippen LogP) is 3.52. The van der Waals surface area contributed by atoms with E-state index in [1.807, 2.05) is 30.3 Å². The molecule has 8 heteroatoms. The largest absolute Gasteiger partial charge is 0.382 e. The molecule has 2 aromatic carbocycles. The van der Waals surface area contributed by atoms with Gasteiger partial charge < -0.3 is 11.1 Å². The first-order valence-corrected chi connectivity index (χ1v) is 8.70. The number of hydrogen-bond acceptors (Lipinski definition) is 7. The van der Waals surface area contributed by atoms with Gasteiger partial charge in [-0.15, -0.1) is 0 Å². The lowest BCUT2D eigenvalue weighted by Gasteiger charge is -2.02. The number of carbonyl (C=O) groups is 1. The van der Waals surface area contributed by atoms with E-state index < -0.39 is 10.7 Å². The van der Waals surface area contributed by atoms with Gasteiger partial charge in [-0.2, -0.15) is 0 Å². The van der Waals surface area contributed by atoms with Crippen molar-refractivity contribution in [2.75, 3.05) is 17.6 Å². The molecule has 0 aliphatic heterocycles. The van der Waals surface area contributed by atoms with Crippen LogP contribution < -0.4 is 11.1 Å². The Balaban J connectivity index is 1.74. The number of nitrogens with zero attached hydrogens (tertiary/aromatic N) is 2. The lowest BCUT2D eigenvalue weighted by atomic mass is 10.1. The molecule has 0 unspecified atom stereocenters. The minimum Gasteiger partial charge on any atom is -0.382 e. The summed E-state index contributed by atoms with van der Waals surface area (Å²) in [6.45, 7) is 0.635. The molecule has 0 fully saturated rings. The molecule has 0 saturated carbocycles. The number of nitro benzene ring substituents is 1. The molecule has 0 aliphatic rings. The first kappa shape index (κ1) is 17.6. The molecule has 0 atom stereocenters. The summed E-state index contributed by atoms with van der Waals surface area (Å²) < 4.78 is 0. The van der Waals surface area contributed by atoms with Gasteiger partial charge in [0.2, 0.25) is 5.78 Å². The van der Waals surface area contributed by atoms with Crippen LogP contribution in [0.15, 0.2) is 54.6 Å². The predicted molar refractivity (Wildman–Crippen MR) is 102 cm³/mol. The Kier molecular flexibility index (Phi) is 5.23. The summed E-state index contributed by atoms with van der Waals surface area (Å²) in [5.41, 5.74) is 6.80. The van der Waals surface area contributed by atoms with E-state index in [2.05, 4.69) is 10.3 Å². The van der Waals surface area contributed by atoms with Crippen LogP contribution in [-0.2, 0) is 6.42 Å². The zero-order valence-corrected chi connectivity index (χ0v) is 14.5. The smallest absolute Gasteiger partial charge is 0.280 e. The van der Waals surface area contributed by atoms with Gasteiger partial charge in [0, 0.05) is 12.6 Å². The molecule has 7 nitrogen and oxygen atoms in total. The normalized spacial score (nSPS) is 10.5. The highest BCUT2D eigenvalue weighted by Crippen LogP contribution is 2.30. The molecule has 0 radical (unpaired) electrons. The Bertz CT molecular complexity index is 941. The summed E-state index contributed by atoms with van der Waals surface area (Å²) in [5, 5.41) is 14.8. The van der Waals surface area contributed by atoms with E-state index in [4.69, 9.17) is 5.73 Å². The van der Waals surface area contributed by atoms with E-state index in [0.717, 1.165) is 17.8 Å². The molecule has 0 bridgehead atoms. The maximum Gasteiger partial charge on any atom is 0.280 e. The summed E-state index contributed by atoms with van der Waals surface area (Å²) >= 11 is 1.10. The number of hydrogen-bond donors (Lipinski definition) is 2. The van der Waals surface area contributed by atoms with Gasteiger partial charge in [-0.1, -0.05) is 53.8 Å². The number of thiazole rings is 1. The molecular weight excluding hydrogens is 352 g/mol. The topological polar surface area (TPSA) is 111 Å². The number of aromatic nitrogens is 1. The number of rotatable bonds is 7. The molecule has 1 aromatic heterocycles. The molecule has 0 amide bonds. The van der Waals surface area contributed by atoms with Gasteiger partial charge in [0.1, 0.15) is 16.3 Å². The molecule has 1 heterocycles. The van der Waals surface area contributed by atoms with E-state index in [1.54, 1.807) is 6.07 Å². The van der Waals surface area contributed by atoms with Gasteiger partial charge in [0.15, 0.2) is 5.13 Å². The quantitative estimate of drug-likeness (QED) is 0.375. The molecule has 0 spiro atoms. The van der Waals surface area contributed by atoms with Crippen LogP contribution in [0.5, 0.6) is 0 Å². The van der Waals surface area contributed by atoms with Crippen molar-refractivity contribution in [3.63, 3.8) is 0 Å². The van der Waals surface area contributed by atoms with Crippen LogP contribution in [0.2, 0.25) is 0 Å². The number of nitrogens with two attached hydrogens (primary N) is 1. The Hall–Kier alpha value is -3.26. The minimum absolute atomic E-state index is 0.00341. The summed E-state index contributed by atoms with van der Waals surface area (Å²) in [4.78, 5) is 27.6. The zero-order chi connectivity index (χ0) is 18.5. The fraction of sp³-hybridized carbons (Fsp3) is 0.111. The average Bonchev–Trinajstić information content (AvgIpc) is 3.02. The van der Waals surface area contributed by atoms with E-state index >= 15 is 0 Å². The van der Waals surface area contributed by atoms with Gasteiger partial charge in [-0.05, 0) is 18.1 Å². The maximum atomic E-state index is 12.7. The molecule has 132 valence electrons. The monoisotopic (exact) mass is 368 g/mol. The van der Waals surface area contributed by atoms with Crippen LogP contribution in [0.1, 0.15) is 20.8 Å². The van der Waals surface area contributed by atoms with Crippen molar-refractivity contribution >= 4 is 33.8 Å². The zero-order valence-electron chi connectivity index (χ0n) is 13.7. The number of anilines is 2. The van der Waals surface area contributed by atoms with E-state index in [0.29, 0.717) is 11.7 Å². The molecule has 26 heavy (non-hydrogen) atoms. The number of nitrogen functional groups attached to an aromatic ring is 1. The third-order valence-corrected chi connectivity index (χ3v) is 4.77. The Morgan fingerprint density at radius 2 is 1.85 bits per heavy atom. The van der Waals surface area contributed by atoms with Gasteiger partial charge in [0.05, 0.1) is 4.92 Å². The highest BCUT2D eigenvalue weighted by Gasteiger charge is 2.24. The number of ketones is 1. The van der Waals surface area contributed by atoms with Gasteiger partial charge >= 0.3 is 0 Å². The highest BCUT2D eigenvalue weighted by atomic mass is 32.1. The number of carbonyl (C=O) groups excluding carboxylic acids is 1. The second kappa shape index (κ2) is 7.75.